The molecular formula is C15H17ClN2O4S. The first-order valence-corrected chi connectivity index (χ1v) is 8.00. The molecule has 0 aliphatic carbocycles. The van der Waals surface area contributed by atoms with Gasteiger partial charge in [0.05, 0.1) is 37.0 Å². The Morgan fingerprint density at radius 3 is 2.65 bits per heavy atom. The number of anilines is 2. The largest absolute Gasteiger partial charge is 0.495 e. The normalized spacial score (nSPS) is 10.4. The summed E-state index contributed by atoms with van der Waals surface area (Å²) in [5.74, 6) is 0.265. The maximum absolute atomic E-state index is 10.7. The highest BCUT2D eigenvalue weighted by Crippen LogP contribution is 2.38. The highest BCUT2D eigenvalue weighted by atomic mass is 35.5. The molecule has 0 aliphatic heterocycles. The predicted octanol–water partition coefficient (Wildman–Crippen LogP) is 3.88. The second kappa shape index (κ2) is 7.52. The van der Waals surface area contributed by atoms with Crippen molar-refractivity contribution in [3.63, 3.8) is 0 Å². The molecule has 0 radical (unpaired) electrons. The van der Waals surface area contributed by atoms with Crippen molar-refractivity contribution < 1.29 is 19.4 Å². The monoisotopic (exact) mass is 356 g/mol. The number of rotatable bonds is 7. The molecule has 8 heteroatoms. The number of nitrogens with zero attached hydrogens (tertiary/aromatic N) is 1. The smallest absolute Gasteiger partial charge is 0.303 e. The highest BCUT2D eigenvalue weighted by Gasteiger charge is 2.14. The van der Waals surface area contributed by atoms with Crippen LogP contribution in [0.2, 0.25) is 5.02 Å². The summed E-state index contributed by atoms with van der Waals surface area (Å²) in [7, 11) is 3.09. The summed E-state index contributed by atoms with van der Waals surface area (Å²) in [6.07, 6.45) is 0.544. The van der Waals surface area contributed by atoms with Gasteiger partial charge in [0.15, 0.2) is 5.13 Å². The molecule has 2 rings (SSSR count). The van der Waals surface area contributed by atoms with E-state index >= 15 is 0 Å². The van der Waals surface area contributed by atoms with E-state index in [1.807, 2.05) is 6.92 Å². The van der Waals surface area contributed by atoms with E-state index in [-0.39, 0.29) is 6.42 Å². The lowest BCUT2D eigenvalue weighted by molar-refractivity contribution is -0.136. The van der Waals surface area contributed by atoms with Crippen molar-refractivity contribution in [2.45, 2.75) is 19.8 Å². The van der Waals surface area contributed by atoms with Crippen LogP contribution in [0.4, 0.5) is 10.8 Å². The van der Waals surface area contributed by atoms with Crippen molar-refractivity contribution in [1.82, 2.24) is 4.98 Å². The molecule has 0 unspecified atom stereocenters. The standard InChI is InChI=1S/C15H17ClN2O4S/c1-8-13(4-5-14(19)20)23-15(17-8)18-10-7-11(21-2)9(16)6-12(10)22-3/h6-7H,4-5H2,1-3H3,(H,17,18)(H,19,20). The van der Waals surface area contributed by atoms with E-state index in [9.17, 15) is 4.79 Å². The Balaban J connectivity index is 2.25. The Morgan fingerprint density at radius 1 is 1.35 bits per heavy atom. The quantitative estimate of drug-likeness (QED) is 0.783. The SMILES string of the molecule is COc1cc(Nc2nc(C)c(CCC(=O)O)s2)c(OC)cc1Cl. The number of aromatic nitrogens is 1. The molecule has 0 fully saturated rings. The van der Waals surface area contributed by atoms with Gasteiger partial charge in [0.1, 0.15) is 11.5 Å². The number of methoxy groups -OCH3 is 2. The lowest BCUT2D eigenvalue weighted by atomic mass is 10.2. The minimum absolute atomic E-state index is 0.0839. The molecule has 0 amide bonds. The van der Waals surface area contributed by atoms with Gasteiger partial charge in [0, 0.05) is 17.0 Å². The van der Waals surface area contributed by atoms with E-state index in [0.717, 1.165) is 10.6 Å². The Labute approximate surface area is 143 Å². The summed E-state index contributed by atoms with van der Waals surface area (Å²) in [5, 5.41) is 13.1. The number of hydrogen-bond donors (Lipinski definition) is 2. The molecular weight excluding hydrogens is 340 g/mol. The number of carboxylic acid groups (broad SMARTS) is 1. The first-order chi connectivity index (χ1) is 10.9. The van der Waals surface area contributed by atoms with E-state index in [0.29, 0.717) is 33.8 Å². The first kappa shape index (κ1) is 17.4. The van der Waals surface area contributed by atoms with Crippen LogP contribution >= 0.6 is 22.9 Å². The topological polar surface area (TPSA) is 80.7 Å². The minimum Gasteiger partial charge on any atom is -0.495 e. The molecule has 0 spiro atoms. The number of aliphatic carboxylic acids is 1. The number of nitrogens with one attached hydrogen (secondary N) is 1. The van der Waals surface area contributed by atoms with Crippen molar-refractivity contribution in [2.75, 3.05) is 19.5 Å². The van der Waals surface area contributed by atoms with Crippen LogP contribution in [0.25, 0.3) is 0 Å². The number of aryl methyl sites for hydroxylation is 2. The third-order valence-corrected chi connectivity index (χ3v) is 4.60. The highest BCUT2D eigenvalue weighted by molar-refractivity contribution is 7.15. The first-order valence-electron chi connectivity index (χ1n) is 6.81. The van der Waals surface area contributed by atoms with Crippen molar-refractivity contribution in [1.29, 1.82) is 0 Å². The predicted molar refractivity (Wildman–Crippen MR) is 90.6 cm³/mol. The second-order valence-electron chi connectivity index (χ2n) is 4.73. The molecule has 23 heavy (non-hydrogen) atoms. The third-order valence-electron chi connectivity index (χ3n) is 3.17. The van der Waals surface area contributed by atoms with Gasteiger partial charge >= 0.3 is 5.97 Å². The van der Waals surface area contributed by atoms with Crippen LogP contribution in [0.5, 0.6) is 11.5 Å². The van der Waals surface area contributed by atoms with E-state index in [2.05, 4.69) is 10.3 Å². The molecule has 1 heterocycles. The van der Waals surface area contributed by atoms with Gasteiger partial charge in [-0.2, -0.15) is 0 Å². The fourth-order valence-electron chi connectivity index (χ4n) is 2.01. The van der Waals surface area contributed by atoms with Crippen LogP contribution in [-0.2, 0) is 11.2 Å². The maximum Gasteiger partial charge on any atom is 0.303 e. The number of ether oxygens (including phenoxy) is 2. The van der Waals surface area contributed by atoms with Gasteiger partial charge < -0.3 is 19.9 Å². The van der Waals surface area contributed by atoms with Crippen LogP contribution in [0.15, 0.2) is 12.1 Å². The Bertz CT molecular complexity index is 718. The summed E-state index contributed by atoms with van der Waals surface area (Å²) in [6.45, 7) is 1.86. The molecule has 1 aromatic heterocycles. The third kappa shape index (κ3) is 4.27. The lowest BCUT2D eigenvalue weighted by Gasteiger charge is -2.12. The van der Waals surface area contributed by atoms with Crippen molar-refractivity contribution in [3.8, 4) is 11.5 Å². The van der Waals surface area contributed by atoms with E-state index in [1.165, 1.54) is 18.4 Å². The number of benzene rings is 1. The van der Waals surface area contributed by atoms with E-state index in [1.54, 1.807) is 19.2 Å². The maximum atomic E-state index is 10.7. The summed E-state index contributed by atoms with van der Waals surface area (Å²) < 4.78 is 10.5. The van der Waals surface area contributed by atoms with Gasteiger partial charge in [-0.3, -0.25) is 4.79 Å². The Morgan fingerprint density at radius 2 is 2.04 bits per heavy atom. The van der Waals surface area contributed by atoms with Crippen molar-refractivity contribution in [3.05, 3.63) is 27.7 Å². The lowest BCUT2D eigenvalue weighted by Crippen LogP contribution is -1.96. The molecule has 0 saturated carbocycles. The average molecular weight is 357 g/mol. The zero-order chi connectivity index (χ0) is 17.0. The van der Waals surface area contributed by atoms with Crippen molar-refractivity contribution >= 4 is 39.7 Å². The van der Waals surface area contributed by atoms with E-state index in [4.69, 9.17) is 26.2 Å². The summed E-state index contributed by atoms with van der Waals surface area (Å²) >= 11 is 7.50. The second-order valence-corrected chi connectivity index (χ2v) is 6.22. The van der Waals surface area contributed by atoms with Gasteiger partial charge in [-0.05, 0) is 13.3 Å². The zero-order valence-corrected chi connectivity index (χ0v) is 14.5. The minimum atomic E-state index is -0.823. The molecule has 0 bridgehead atoms. The van der Waals surface area contributed by atoms with Crippen LogP contribution < -0.4 is 14.8 Å². The summed E-state index contributed by atoms with van der Waals surface area (Å²) in [6, 6.07) is 3.39. The van der Waals surface area contributed by atoms with Crippen molar-refractivity contribution in [2.24, 2.45) is 0 Å². The number of thiazole rings is 1. The molecule has 6 nitrogen and oxygen atoms in total. The molecule has 0 atom stereocenters. The van der Waals surface area contributed by atoms with Gasteiger partial charge in [-0.25, -0.2) is 4.98 Å². The van der Waals surface area contributed by atoms with Crippen LogP contribution in [-0.4, -0.2) is 30.3 Å². The molecule has 2 aromatic rings. The zero-order valence-electron chi connectivity index (χ0n) is 13.0. The van der Waals surface area contributed by atoms with Gasteiger partial charge in [0.25, 0.3) is 0 Å². The number of carboxylic acids is 1. The number of carbonyl (C=O) groups is 1. The molecule has 0 saturated heterocycles. The van der Waals surface area contributed by atoms with Crippen LogP contribution in [0, 0.1) is 6.92 Å². The van der Waals surface area contributed by atoms with E-state index < -0.39 is 5.97 Å². The van der Waals surface area contributed by atoms with Gasteiger partial charge in [-0.1, -0.05) is 11.6 Å². The number of halogens is 1. The van der Waals surface area contributed by atoms with Gasteiger partial charge in [-0.15, -0.1) is 11.3 Å². The fraction of sp³-hybridized carbons (Fsp3) is 0.333. The average Bonchev–Trinajstić information content (AvgIpc) is 2.86. The number of hydrogen-bond acceptors (Lipinski definition) is 6. The van der Waals surface area contributed by atoms with Crippen LogP contribution in [0.1, 0.15) is 17.0 Å². The van der Waals surface area contributed by atoms with Crippen LogP contribution in [0.3, 0.4) is 0 Å². The molecule has 2 N–H and O–H groups in total. The Hall–Kier alpha value is -1.99. The van der Waals surface area contributed by atoms with Gasteiger partial charge in [0.2, 0.25) is 0 Å². The molecule has 124 valence electrons. The molecule has 0 aliphatic rings. The Kier molecular flexibility index (Phi) is 5.68. The fourth-order valence-corrected chi connectivity index (χ4v) is 3.21. The summed E-state index contributed by atoms with van der Waals surface area (Å²) in [4.78, 5) is 16.1. The molecule has 1 aromatic carbocycles. The summed E-state index contributed by atoms with van der Waals surface area (Å²) in [5.41, 5.74) is 1.49.